The first-order chi connectivity index (χ1) is 14.9. The molecule has 0 fully saturated rings. The summed E-state index contributed by atoms with van der Waals surface area (Å²) in [4.78, 5) is 3.92. The number of nitrogens with one attached hydrogen (secondary N) is 1. The third kappa shape index (κ3) is 6.40. The van der Waals surface area contributed by atoms with Gasteiger partial charge in [-0.15, -0.1) is 0 Å². The predicted molar refractivity (Wildman–Crippen MR) is 118 cm³/mol. The summed E-state index contributed by atoms with van der Waals surface area (Å²) >= 11 is -2.77. The van der Waals surface area contributed by atoms with Gasteiger partial charge in [0, 0.05) is 11.3 Å². The molecule has 0 radical (unpaired) electrons. The summed E-state index contributed by atoms with van der Waals surface area (Å²) in [5, 5.41) is 0. The standard InChI is InChI=1S/C20H21N4O5PS/c21-20(22)23-16-13-11-15(12-14-16)19(24-31(26)27)30(25,28-17-7-3-1-4-8-17)29-18-9-5-2-6-10-18/h1-14,19,24H,(H,26,27)(H4,21,22,23)/p-1. The first-order valence-corrected chi connectivity index (χ1v) is 11.7. The summed E-state index contributed by atoms with van der Waals surface area (Å²) in [7, 11) is -4.18. The molecule has 0 saturated heterocycles. The fourth-order valence-corrected chi connectivity index (χ4v) is 5.38. The SMILES string of the molecule is NC(N)=Nc1ccc(C(NS(=O)[O-])P(=O)(Oc2ccccc2)Oc2ccccc2)cc1. The van der Waals surface area contributed by atoms with Crippen molar-refractivity contribution in [3.05, 3.63) is 90.5 Å². The van der Waals surface area contributed by atoms with Crippen molar-refractivity contribution in [3.8, 4) is 11.5 Å². The maximum Gasteiger partial charge on any atom is 0.452 e. The van der Waals surface area contributed by atoms with E-state index in [0.717, 1.165) is 0 Å². The van der Waals surface area contributed by atoms with Crippen molar-refractivity contribution in [1.82, 2.24) is 4.72 Å². The highest BCUT2D eigenvalue weighted by atomic mass is 32.2. The molecular weight excluding hydrogens is 439 g/mol. The molecule has 3 rings (SSSR count). The third-order valence-corrected chi connectivity index (χ3v) is 6.54. The van der Waals surface area contributed by atoms with E-state index in [1.165, 1.54) is 12.1 Å². The Morgan fingerprint density at radius 2 is 1.39 bits per heavy atom. The lowest BCUT2D eigenvalue weighted by molar-refractivity contribution is 0.367. The number of benzene rings is 3. The van der Waals surface area contributed by atoms with Crippen molar-refractivity contribution in [1.29, 1.82) is 0 Å². The van der Waals surface area contributed by atoms with E-state index in [2.05, 4.69) is 9.71 Å². The summed E-state index contributed by atoms with van der Waals surface area (Å²) in [5.41, 5.74) is 11.5. The molecule has 11 heteroatoms. The Balaban J connectivity index is 2.05. The Morgan fingerprint density at radius 1 is 0.903 bits per heavy atom. The average Bonchev–Trinajstić information content (AvgIpc) is 2.73. The van der Waals surface area contributed by atoms with Gasteiger partial charge in [-0.1, -0.05) is 48.5 Å². The Morgan fingerprint density at radius 3 is 1.81 bits per heavy atom. The lowest BCUT2D eigenvalue weighted by Crippen LogP contribution is -2.27. The molecule has 162 valence electrons. The molecule has 5 N–H and O–H groups in total. The fourth-order valence-electron chi connectivity index (χ4n) is 2.67. The van der Waals surface area contributed by atoms with Crippen LogP contribution < -0.4 is 25.2 Å². The lowest BCUT2D eigenvalue weighted by atomic mass is 10.2. The zero-order valence-electron chi connectivity index (χ0n) is 16.2. The van der Waals surface area contributed by atoms with Gasteiger partial charge >= 0.3 is 7.60 Å². The van der Waals surface area contributed by atoms with Gasteiger partial charge < -0.3 is 25.1 Å². The van der Waals surface area contributed by atoms with Crippen LogP contribution in [0.4, 0.5) is 5.69 Å². The molecule has 2 atom stereocenters. The lowest BCUT2D eigenvalue weighted by Gasteiger charge is -2.29. The molecule has 0 spiro atoms. The highest BCUT2D eigenvalue weighted by molar-refractivity contribution is 7.77. The van der Waals surface area contributed by atoms with Crippen molar-refractivity contribution in [2.75, 3.05) is 0 Å². The number of guanidine groups is 1. The van der Waals surface area contributed by atoms with Crippen LogP contribution in [-0.4, -0.2) is 14.7 Å². The fraction of sp³-hybridized carbons (Fsp3) is 0.0500. The highest BCUT2D eigenvalue weighted by Crippen LogP contribution is 2.59. The molecule has 31 heavy (non-hydrogen) atoms. The second-order valence-corrected chi connectivity index (χ2v) is 8.90. The second kappa shape index (κ2) is 10.2. The van der Waals surface area contributed by atoms with Gasteiger partial charge in [0.1, 0.15) is 11.5 Å². The smallest absolute Gasteiger partial charge is 0.452 e. The van der Waals surface area contributed by atoms with E-state index in [-0.39, 0.29) is 17.5 Å². The maximum atomic E-state index is 14.0. The van der Waals surface area contributed by atoms with Crippen LogP contribution in [0.1, 0.15) is 11.3 Å². The van der Waals surface area contributed by atoms with E-state index in [9.17, 15) is 13.3 Å². The molecule has 0 amide bonds. The summed E-state index contributed by atoms with van der Waals surface area (Å²) < 4.78 is 50.9. The molecule has 0 aliphatic rings. The van der Waals surface area contributed by atoms with Gasteiger partial charge in [-0.05, 0) is 42.0 Å². The summed E-state index contributed by atoms with van der Waals surface area (Å²) in [6.07, 6.45) is 0. The van der Waals surface area contributed by atoms with Crippen molar-refractivity contribution in [2.24, 2.45) is 16.5 Å². The zero-order chi connectivity index (χ0) is 22.3. The number of hydrogen-bond acceptors (Lipinski definition) is 6. The highest BCUT2D eigenvalue weighted by Gasteiger charge is 2.41. The molecule has 0 aliphatic heterocycles. The van der Waals surface area contributed by atoms with Crippen LogP contribution in [0.25, 0.3) is 0 Å². The van der Waals surface area contributed by atoms with Gasteiger partial charge in [0.25, 0.3) is 0 Å². The van der Waals surface area contributed by atoms with Crippen molar-refractivity contribution >= 4 is 30.5 Å². The van der Waals surface area contributed by atoms with Crippen LogP contribution in [0.15, 0.2) is 89.9 Å². The molecule has 9 nitrogen and oxygen atoms in total. The molecule has 2 unspecified atom stereocenters. The second-order valence-electron chi connectivity index (χ2n) is 6.23. The van der Waals surface area contributed by atoms with Gasteiger partial charge in [-0.2, -0.15) is 0 Å². The number of aliphatic imine (C=N–C) groups is 1. The molecule has 0 heterocycles. The third-order valence-electron chi connectivity index (χ3n) is 3.94. The van der Waals surface area contributed by atoms with Gasteiger partial charge in [0.05, 0.1) is 5.69 Å². The number of rotatable bonds is 9. The minimum Gasteiger partial charge on any atom is -0.760 e. The summed E-state index contributed by atoms with van der Waals surface area (Å²) in [6, 6.07) is 22.8. The van der Waals surface area contributed by atoms with Crippen molar-refractivity contribution in [2.45, 2.75) is 5.78 Å². The number of nitrogens with zero attached hydrogens (tertiary/aromatic N) is 1. The Bertz CT molecular complexity index is 1050. The largest absolute Gasteiger partial charge is 0.760 e. The molecule has 0 aliphatic carbocycles. The van der Waals surface area contributed by atoms with Crippen molar-refractivity contribution in [3.63, 3.8) is 0 Å². The van der Waals surface area contributed by atoms with Gasteiger partial charge in [-0.3, -0.25) is 4.21 Å². The van der Waals surface area contributed by atoms with Crippen LogP contribution in [0.5, 0.6) is 11.5 Å². The Labute approximate surface area is 182 Å². The average molecular weight is 459 g/mol. The predicted octanol–water partition coefficient (Wildman–Crippen LogP) is 3.32. The normalized spacial score (nSPS) is 13.1. The maximum absolute atomic E-state index is 14.0. The van der Waals surface area contributed by atoms with Crippen molar-refractivity contribution < 1.29 is 22.4 Å². The molecule has 0 aromatic heterocycles. The molecule has 3 aromatic carbocycles. The van der Waals surface area contributed by atoms with Crippen LogP contribution in [-0.2, 0) is 15.8 Å². The van der Waals surface area contributed by atoms with Crippen LogP contribution in [0.2, 0.25) is 0 Å². The van der Waals surface area contributed by atoms with E-state index in [4.69, 9.17) is 20.5 Å². The van der Waals surface area contributed by atoms with E-state index in [1.807, 2.05) is 0 Å². The monoisotopic (exact) mass is 459 g/mol. The van der Waals surface area contributed by atoms with Crippen LogP contribution in [0, 0.1) is 0 Å². The van der Waals surface area contributed by atoms with Gasteiger partial charge in [0.15, 0.2) is 11.7 Å². The summed E-state index contributed by atoms with van der Waals surface area (Å²) in [6.45, 7) is 0. The molecule has 0 bridgehead atoms. The quantitative estimate of drug-likeness (QED) is 0.192. The van der Waals surface area contributed by atoms with E-state index in [1.54, 1.807) is 72.8 Å². The number of nitrogens with two attached hydrogens (primary N) is 2. The van der Waals surface area contributed by atoms with Crippen LogP contribution >= 0.6 is 7.60 Å². The van der Waals surface area contributed by atoms with Crippen LogP contribution in [0.3, 0.4) is 0 Å². The molecule has 0 saturated carbocycles. The summed E-state index contributed by atoms with van der Waals surface area (Å²) in [5.74, 6) is -0.974. The van der Waals surface area contributed by atoms with Gasteiger partial charge in [-0.25, -0.2) is 14.3 Å². The van der Waals surface area contributed by atoms with Gasteiger partial charge in [0.2, 0.25) is 0 Å². The van der Waals surface area contributed by atoms with E-state index in [0.29, 0.717) is 11.3 Å². The Kier molecular flexibility index (Phi) is 7.43. The Hall–Kier alpha value is -3.17. The minimum absolute atomic E-state index is 0.131. The van der Waals surface area contributed by atoms with E-state index < -0.39 is 24.6 Å². The zero-order valence-corrected chi connectivity index (χ0v) is 17.9. The number of hydrogen-bond donors (Lipinski definition) is 3. The first-order valence-electron chi connectivity index (χ1n) is 9.00. The van der Waals surface area contributed by atoms with E-state index >= 15 is 0 Å². The molecule has 3 aromatic rings. The molecular formula is C20H20N4O5PS-. The topological polar surface area (TPSA) is 152 Å². The minimum atomic E-state index is -4.18. The number of para-hydroxylation sites is 2. The first kappa shape index (κ1) is 22.5.